The number of amides is 1. The average molecular weight is 262 g/mol. The number of hydrogen-bond donors (Lipinski definition) is 2. The molecule has 0 spiro atoms. The quantitative estimate of drug-likeness (QED) is 0.874. The van der Waals surface area contributed by atoms with Crippen LogP contribution in [0.3, 0.4) is 0 Å². The van der Waals surface area contributed by atoms with Crippen LogP contribution in [0.25, 0.3) is 10.2 Å². The van der Waals surface area contributed by atoms with Gasteiger partial charge in [-0.05, 0) is 37.8 Å². The maximum Gasteiger partial charge on any atom is 0.258 e. The first-order valence-corrected chi connectivity index (χ1v) is 6.88. The molecule has 1 aliphatic carbocycles. The molecule has 3 rings (SSSR count). The first-order valence-electron chi connectivity index (χ1n) is 6.07. The van der Waals surface area contributed by atoms with Crippen LogP contribution in [0, 0.1) is 0 Å². The van der Waals surface area contributed by atoms with Crippen molar-refractivity contribution in [3.05, 3.63) is 24.3 Å². The van der Waals surface area contributed by atoms with Gasteiger partial charge >= 0.3 is 0 Å². The molecule has 0 bridgehead atoms. The van der Waals surface area contributed by atoms with Crippen molar-refractivity contribution in [3.8, 4) is 0 Å². The van der Waals surface area contributed by atoms with E-state index in [1.807, 2.05) is 24.3 Å². The van der Waals surface area contributed by atoms with E-state index in [2.05, 4.69) is 10.3 Å². The highest BCUT2D eigenvalue weighted by molar-refractivity contribution is 7.22. The number of carbonyl (C=O) groups excluding carboxylic acids is 1. The number of anilines is 1. The van der Waals surface area contributed by atoms with Crippen LogP contribution in [0.15, 0.2) is 24.3 Å². The van der Waals surface area contributed by atoms with E-state index in [-0.39, 0.29) is 5.91 Å². The fourth-order valence-electron chi connectivity index (χ4n) is 2.33. The summed E-state index contributed by atoms with van der Waals surface area (Å²) in [6.07, 6.45) is 2.90. The molecular formula is C13H14N2O2S. The van der Waals surface area contributed by atoms with Crippen LogP contribution in [0.5, 0.6) is 0 Å². The van der Waals surface area contributed by atoms with Crippen molar-refractivity contribution in [1.29, 1.82) is 0 Å². The maximum absolute atomic E-state index is 12.0. The van der Waals surface area contributed by atoms with Crippen molar-refractivity contribution in [3.63, 3.8) is 0 Å². The Balaban J connectivity index is 1.81. The van der Waals surface area contributed by atoms with E-state index < -0.39 is 5.60 Å². The predicted molar refractivity (Wildman–Crippen MR) is 71.7 cm³/mol. The van der Waals surface area contributed by atoms with Crippen molar-refractivity contribution >= 4 is 32.6 Å². The Bertz CT molecular complexity index is 554. The minimum atomic E-state index is -1.20. The number of carbonyl (C=O) groups is 1. The fourth-order valence-corrected chi connectivity index (χ4v) is 3.19. The molecule has 0 aliphatic heterocycles. The van der Waals surface area contributed by atoms with Crippen molar-refractivity contribution in [2.24, 2.45) is 0 Å². The Morgan fingerprint density at radius 2 is 2.06 bits per heavy atom. The molecule has 1 saturated carbocycles. The number of para-hydroxylation sites is 1. The van der Waals surface area contributed by atoms with Crippen molar-refractivity contribution < 1.29 is 9.90 Å². The van der Waals surface area contributed by atoms with Crippen molar-refractivity contribution in [2.45, 2.75) is 31.3 Å². The molecule has 0 saturated heterocycles. The molecule has 1 heterocycles. The van der Waals surface area contributed by atoms with E-state index in [1.54, 1.807) is 0 Å². The molecule has 1 aromatic carbocycles. The Morgan fingerprint density at radius 1 is 1.33 bits per heavy atom. The zero-order chi connectivity index (χ0) is 12.6. The second kappa shape index (κ2) is 4.33. The summed E-state index contributed by atoms with van der Waals surface area (Å²) >= 11 is 1.43. The van der Waals surface area contributed by atoms with Gasteiger partial charge in [0.25, 0.3) is 5.91 Å². The number of aromatic nitrogens is 1. The van der Waals surface area contributed by atoms with Crippen LogP contribution in [0.1, 0.15) is 25.7 Å². The normalized spacial score (nSPS) is 18.1. The van der Waals surface area contributed by atoms with Crippen LogP contribution in [0.4, 0.5) is 5.13 Å². The number of aliphatic hydroxyl groups is 1. The molecule has 2 N–H and O–H groups in total. The fraction of sp³-hybridized carbons (Fsp3) is 0.385. The van der Waals surface area contributed by atoms with Crippen molar-refractivity contribution in [1.82, 2.24) is 4.98 Å². The average Bonchev–Trinajstić information content (AvgIpc) is 2.95. The second-order valence-corrected chi connectivity index (χ2v) is 5.71. The smallest absolute Gasteiger partial charge is 0.258 e. The molecule has 94 valence electrons. The molecular weight excluding hydrogens is 248 g/mol. The number of benzene rings is 1. The molecule has 5 heteroatoms. The lowest BCUT2D eigenvalue weighted by Gasteiger charge is -2.19. The molecule has 1 amide bonds. The third kappa shape index (κ3) is 2.00. The molecule has 2 aromatic rings. The molecule has 0 atom stereocenters. The van der Waals surface area contributed by atoms with Gasteiger partial charge in [0.15, 0.2) is 5.13 Å². The van der Waals surface area contributed by atoms with Gasteiger partial charge in [0, 0.05) is 0 Å². The number of thiazole rings is 1. The SMILES string of the molecule is O=C(Nc1nc2ccccc2s1)C1(O)CCCC1. The van der Waals surface area contributed by atoms with Gasteiger partial charge in [-0.1, -0.05) is 23.5 Å². The van der Waals surface area contributed by atoms with Crippen LogP contribution >= 0.6 is 11.3 Å². The van der Waals surface area contributed by atoms with Gasteiger partial charge in [0.05, 0.1) is 10.2 Å². The third-order valence-corrected chi connectivity index (χ3v) is 4.32. The van der Waals surface area contributed by atoms with Crippen LogP contribution in [-0.2, 0) is 4.79 Å². The molecule has 1 aliphatic rings. The largest absolute Gasteiger partial charge is 0.380 e. The topological polar surface area (TPSA) is 62.2 Å². The summed E-state index contributed by atoms with van der Waals surface area (Å²) in [5.41, 5.74) is -0.325. The highest BCUT2D eigenvalue weighted by Gasteiger charge is 2.39. The molecule has 1 aromatic heterocycles. The van der Waals surface area contributed by atoms with Gasteiger partial charge in [-0.2, -0.15) is 0 Å². The lowest BCUT2D eigenvalue weighted by molar-refractivity contribution is -0.133. The summed E-state index contributed by atoms with van der Waals surface area (Å²) < 4.78 is 1.03. The minimum Gasteiger partial charge on any atom is -0.380 e. The lowest BCUT2D eigenvalue weighted by atomic mass is 10.0. The first kappa shape index (κ1) is 11.6. The van der Waals surface area contributed by atoms with Gasteiger partial charge in [-0.3, -0.25) is 10.1 Å². The van der Waals surface area contributed by atoms with Gasteiger partial charge in [-0.25, -0.2) is 4.98 Å². The standard InChI is InChI=1S/C13H14N2O2S/c16-11(13(17)7-3-4-8-13)15-12-14-9-5-1-2-6-10(9)18-12/h1-2,5-6,17H,3-4,7-8H2,(H,14,15,16). The summed E-state index contributed by atoms with van der Waals surface area (Å²) in [6, 6.07) is 7.73. The number of fused-ring (bicyclic) bond motifs is 1. The molecule has 1 fully saturated rings. The zero-order valence-electron chi connectivity index (χ0n) is 9.85. The highest BCUT2D eigenvalue weighted by Crippen LogP contribution is 2.32. The number of hydrogen-bond acceptors (Lipinski definition) is 4. The van der Waals surface area contributed by atoms with Crippen LogP contribution in [-0.4, -0.2) is 21.6 Å². The van der Waals surface area contributed by atoms with Gasteiger partial charge in [0.2, 0.25) is 0 Å². The first-order chi connectivity index (χ1) is 8.67. The zero-order valence-corrected chi connectivity index (χ0v) is 10.7. The number of nitrogens with zero attached hydrogens (tertiary/aromatic N) is 1. The van der Waals surface area contributed by atoms with E-state index in [1.165, 1.54) is 11.3 Å². The molecule has 18 heavy (non-hydrogen) atoms. The monoisotopic (exact) mass is 262 g/mol. The Labute approximate surface area is 109 Å². The van der Waals surface area contributed by atoms with E-state index in [4.69, 9.17) is 0 Å². The number of rotatable bonds is 2. The second-order valence-electron chi connectivity index (χ2n) is 4.68. The number of nitrogens with one attached hydrogen (secondary N) is 1. The predicted octanol–water partition coefficient (Wildman–Crippen LogP) is 2.54. The molecule has 0 unspecified atom stereocenters. The third-order valence-electron chi connectivity index (χ3n) is 3.37. The summed E-state index contributed by atoms with van der Waals surface area (Å²) in [5.74, 6) is -0.320. The summed E-state index contributed by atoms with van der Waals surface area (Å²) in [5, 5.41) is 13.5. The maximum atomic E-state index is 12.0. The van der Waals surface area contributed by atoms with Gasteiger partial charge < -0.3 is 5.11 Å². The Hall–Kier alpha value is -1.46. The van der Waals surface area contributed by atoms with E-state index >= 15 is 0 Å². The van der Waals surface area contributed by atoms with Gasteiger partial charge in [0.1, 0.15) is 5.60 Å². The summed E-state index contributed by atoms with van der Waals surface area (Å²) in [6.45, 7) is 0. The summed E-state index contributed by atoms with van der Waals surface area (Å²) in [4.78, 5) is 16.3. The Kier molecular flexibility index (Phi) is 2.80. The van der Waals surface area contributed by atoms with Crippen LogP contribution in [0.2, 0.25) is 0 Å². The lowest BCUT2D eigenvalue weighted by Crippen LogP contribution is -2.40. The Morgan fingerprint density at radius 3 is 2.78 bits per heavy atom. The minimum absolute atomic E-state index is 0.320. The van der Waals surface area contributed by atoms with Gasteiger partial charge in [-0.15, -0.1) is 0 Å². The van der Waals surface area contributed by atoms with E-state index in [0.717, 1.165) is 23.1 Å². The molecule has 0 radical (unpaired) electrons. The highest BCUT2D eigenvalue weighted by atomic mass is 32.1. The summed E-state index contributed by atoms with van der Waals surface area (Å²) in [7, 11) is 0. The van der Waals surface area contributed by atoms with E-state index in [9.17, 15) is 9.90 Å². The molecule has 4 nitrogen and oxygen atoms in total. The van der Waals surface area contributed by atoms with Crippen molar-refractivity contribution in [2.75, 3.05) is 5.32 Å². The van der Waals surface area contributed by atoms with Crippen LogP contribution < -0.4 is 5.32 Å². The van der Waals surface area contributed by atoms with E-state index in [0.29, 0.717) is 18.0 Å².